The molecule has 0 aliphatic heterocycles. The van der Waals surface area contributed by atoms with E-state index in [2.05, 4.69) is 10.9 Å². The van der Waals surface area contributed by atoms with Crippen LogP contribution in [-0.2, 0) is 9.59 Å². The maximum absolute atomic E-state index is 11.8. The predicted molar refractivity (Wildman–Crippen MR) is 70.3 cm³/mol. The Hall–Kier alpha value is -1.10. The highest BCUT2D eigenvalue weighted by molar-refractivity contribution is 5.85. The molecule has 1 saturated carbocycles. The van der Waals surface area contributed by atoms with Gasteiger partial charge in [0.2, 0.25) is 5.91 Å². The molecule has 0 bridgehead atoms. The second-order valence-corrected chi connectivity index (χ2v) is 5.55. The second kappa shape index (κ2) is 7.36. The molecule has 1 atom stereocenters. The Balaban J connectivity index is 2.26. The van der Waals surface area contributed by atoms with Crippen molar-refractivity contribution in [2.45, 2.75) is 58.4 Å². The van der Waals surface area contributed by atoms with Gasteiger partial charge in [0, 0.05) is 5.92 Å². The monoisotopic (exact) mass is 255 g/mol. The van der Waals surface area contributed by atoms with E-state index >= 15 is 0 Å². The van der Waals surface area contributed by atoms with Gasteiger partial charge in [-0.15, -0.1) is 0 Å². The third-order valence-electron chi connectivity index (χ3n) is 3.35. The minimum Gasteiger partial charge on any atom is -0.320 e. The van der Waals surface area contributed by atoms with Gasteiger partial charge in [0.25, 0.3) is 5.91 Å². The van der Waals surface area contributed by atoms with Gasteiger partial charge < -0.3 is 5.73 Å². The molecule has 0 aromatic heterocycles. The maximum atomic E-state index is 11.8. The van der Waals surface area contributed by atoms with Crippen LogP contribution in [0.15, 0.2) is 0 Å². The van der Waals surface area contributed by atoms with Crippen molar-refractivity contribution >= 4 is 11.8 Å². The quantitative estimate of drug-likeness (QED) is 0.657. The zero-order valence-electron chi connectivity index (χ0n) is 11.4. The molecule has 0 saturated heterocycles. The standard InChI is InChI=1S/C13H25N3O2/c1-9(2)8-11(14)13(18)16-15-12(17)10-6-4-3-5-7-10/h9-11H,3-8,14H2,1-2H3,(H,15,17)(H,16,18)/t11-/m0/s1. The zero-order chi connectivity index (χ0) is 13.5. The summed E-state index contributed by atoms with van der Waals surface area (Å²) in [5.74, 6) is 0.00725. The number of hydrogen-bond donors (Lipinski definition) is 3. The predicted octanol–water partition coefficient (Wildman–Crippen LogP) is 1.09. The molecule has 18 heavy (non-hydrogen) atoms. The number of hydrazine groups is 1. The van der Waals surface area contributed by atoms with Gasteiger partial charge in [-0.1, -0.05) is 33.1 Å². The van der Waals surface area contributed by atoms with Crippen LogP contribution in [0.1, 0.15) is 52.4 Å². The largest absolute Gasteiger partial charge is 0.320 e. The number of hydrogen-bond acceptors (Lipinski definition) is 3. The molecule has 1 rings (SSSR count). The summed E-state index contributed by atoms with van der Waals surface area (Å²) >= 11 is 0. The van der Waals surface area contributed by atoms with Crippen LogP contribution in [0.3, 0.4) is 0 Å². The van der Waals surface area contributed by atoms with E-state index in [1.165, 1.54) is 6.42 Å². The number of amides is 2. The minimum absolute atomic E-state index is 0.0420. The molecule has 0 heterocycles. The van der Waals surface area contributed by atoms with Crippen LogP contribution in [0.2, 0.25) is 0 Å². The van der Waals surface area contributed by atoms with Crippen LogP contribution in [0, 0.1) is 11.8 Å². The summed E-state index contributed by atoms with van der Waals surface area (Å²) in [5.41, 5.74) is 10.6. The number of rotatable bonds is 4. The molecule has 5 heteroatoms. The molecular weight excluding hydrogens is 230 g/mol. The van der Waals surface area contributed by atoms with Gasteiger partial charge in [0.15, 0.2) is 0 Å². The summed E-state index contributed by atoms with van der Waals surface area (Å²) in [7, 11) is 0. The van der Waals surface area contributed by atoms with Crippen LogP contribution in [0.25, 0.3) is 0 Å². The first-order valence-electron chi connectivity index (χ1n) is 6.86. The number of carbonyl (C=O) groups is 2. The Bertz CT molecular complexity index is 286. The van der Waals surface area contributed by atoms with Crippen LogP contribution < -0.4 is 16.6 Å². The molecule has 104 valence electrons. The van der Waals surface area contributed by atoms with E-state index in [1.54, 1.807) is 0 Å². The maximum Gasteiger partial charge on any atom is 0.255 e. The molecule has 4 N–H and O–H groups in total. The molecule has 0 radical (unpaired) electrons. The van der Waals surface area contributed by atoms with E-state index in [0.717, 1.165) is 25.7 Å². The first-order chi connectivity index (χ1) is 8.50. The SMILES string of the molecule is CC(C)C[C@H](N)C(=O)NNC(=O)C1CCCCC1. The summed E-state index contributed by atoms with van der Waals surface area (Å²) in [4.78, 5) is 23.4. The van der Waals surface area contributed by atoms with Gasteiger partial charge in [0.1, 0.15) is 0 Å². The Labute approximate surface area is 109 Å². The fourth-order valence-corrected chi connectivity index (χ4v) is 2.30. The number of nitrogens with one attached hydrogen (secondary N) is 2. The van der Waals surface area contributed by atoms with Gasteiger partial charge in [-0.25, -0.2) is 0 Å². The lowest BCUT2D eigenvalue weighted by Crippen LogP contribution is -2.51. The van der Waals surface area contributed by atoms with Crippen molar-refractivity contribution in [2.24, 2.45) is 17.6 Å². The third-order valence-corrected chi connectivity index (χ3v) is 3.35. The van der Waals surface area contributed by atoms with Gasteiger partial charge >= 0.3 is 0 Å². The van der Waals surface area contributed by atoms with Crippen molar-refractivity contribution < 1.29 is 9.59 Å². The fraction of sp³-hybridized carbons (Fsp3) is 0.846. The van der Waals surface area contributed by atoms with Crippen molar-refractivity contribution in [3.8, 4) is 0 Å². The van der Waals surface area contributed by atoms with E-state index < -0.39 is 6.04 Å². The van der Waals surface area contributed by atoms with Crippen LogP contribution >= 0.6 is 0 Å². The number of nitrogens with two attached hydrogens (primary N) is 1. The van der Waals surface area contributed by atoms with Crippen LogP contribution in [-0.4, -0.2) is 17.9 Å². The van der Waals surface area contributed by atoms with Crippen molar-refractivity contribution in [1.29, 1.82) is 0 Å². The van der Waals surface area contributed by atoms with Crippen molar-refractivity contribution in [1.82, 2.24) is 10.9 Å². The number of carbonyl (C=O) groups excluding carboxylic acids is 2. The Morgan fingerprint density at radius 2 is 1.78 bits per heavy atom. The summed E-state index contributed by atoms with van der Waals surface area (Å²) < 4.78 is 0. The lowest BCUT2D eigenvalue weighted by atomic mass is 9.89. The van der Waals surface area contributed by atoms with Crippen molar-refractivity contribution in [2.75, 3.05) is 0 Å². The summed E-state index contributed by atoms with van der Waals surface area (Å²) in [5, 5.41) is 0. The second-order valence-electron chi connectivity index (χ2n) is 5.55. The normalized spacial score (nSPS) is 18.4. The van der Waals surface area contributed by atoms with E-state index in [-0.39, 0.29) is 17.7 Å². The first kappa shape index (κ1) is 15.0. The molecule has 0 spiro atoms. The topological polar surface area (TPSA) is 84.2 Å². The van der Waals surface area contributed by atoms with E-state index in [4.69, 9.17) is 5.73 Å². The van der Waals surface area contributed by atoms with E-state index in [9.17, 15) is 9.59 Å². The van der Waals surface area contributed by atoms with Crippen LogP contribution in [0.5, 0.6) is 0 Å². The lowest BCUT2D eigenvalue weighted by Gasteiger charge is -2.21. The van der Waals surface area contributed by atoms with E-state index in [1.807, 2.05) is 13.8 Å². The van der Waals surface area contributed by atoms with Gasteiger partial charge in [-0.05, 0) is 25.2 Å². The third kappa shape index (κ3) is 5.04. The highest BCUT2D eigenvalue weighted by Crippen LogP contribution is 2.23. The molecule has 0 unspecified atom stereocenters. The Morgan fingerprint density at radius 1 is 1.17 bits per heavy atom. The van der Waals surface area contributed by atoms with Crippen molar-refractivity contribution in [3.05, 3.63) is 0 Å². The molecule has 0 aromatic carbocycles. The summed E-state index contributed by atoms with van der Waals surface area (Å²) in [6.07, 6.45) is 5.85. The van der Waals surface area contributed by atoms with Gasteiger partial charge in [0.05, 0.1) is 6.04 Å². The zero-order valence-corrected chi connectivity index (χ0v) is 11.4. The molecule has 0 aromatic rings. The Morgan fingerprint density at radius 3 is 2.33 bits per heavy atom. The first-order valence-corrected chi connectivity index (χ1v) is 6.86. The van der Waals surface area contributed by atoms with Crippen LogP contribution in [0.4, 0.5) is 0 Å². The minimum atomic E-state index is -0.559. The molecule has 1 fully saturated rings. The summed E-state index contributed by atoms with van der Waals surface area (Å²) in [6, 6.07) is -0.559. The fourth-order valence-electron chi connectivity index (χ4n) is 2.30. The highest BCUT2D eigenvalue weighted by Gasteiger charge is 2.22. The van der Waals surface area contributed by atoms with E-state index in [0.29, 0.717) is 12.3 Å². The smallest absolute Gasteiger partial charge is 0.255 e. The summed E-state index contributed by atoms with van der Waals surface area (Å²) in [6.45, 7) is 4.02. The average Bonchev–Trinajstić information content (AvgIpc) is 2.35. The molecular formula is C13H25N3O2. The molecule has 1 aliphatic rings. The molecule has 1 aliphatic carbocycles. The average molecular weight is 255 g/mol. The van der Waals surface area contributed by atoms with Gasteiger partial charge in [-0.3, -0.25) is 20.4 Å². The Kier molecular flexibility index (Phi) is 6.12. The highest BCUT2D eigenvalue weighted by atomic mass is 16.2. The van der Waals surface area contributed by atoms with Crippen molar-refractivity contribution in [3.63, 3.8) is 0 Å². The molecule has 2 amide bonds. The molecule has 5 nitrogen and oxygen atoms in total. The lowest BCUT2D eigenvalue weighted by molar-refractivity contribution is -0.132. The van der Waals surface area contributed by atoms with Gasteiger partial charge in [-0.2, -0.15) is 0 Å².